The topological polar surface area (TPSA) is 98.5 Å². The van der Waals surface area contributed by atoms with Crippen LogP contribution in [0.25, 0.3) is 0 Å². The monoisotopic (exact) mass is 424 g/mol. The largest absolute Gasteiger partial charge is 0.483 e. The second-order valence-corrected chi connectivity index (χ2v) is 8.52. The van der Waals surface area contributed by atoms with Crippen LogP contribution in [0.3, 0.4) is 0 Å². The van der Waals surface area contributed by atoms with Crippen LogP contribution in [0.2, 0.25) is 0 Å². The Labute approximate surface area is 176 Å². The highest BCUT2D eigenvalue weighted by atomic mass is 32.2. The molecule has 0 bridgehead atoms. The van der Waals surface area contributed by atoms with Crippen LogP contribution in [0.5, 0.6) is 5.75 Å². The van der Waals surface area contributed by atoms with Gasteiger partial charge in [-0.1, -0.05) is 60.7 Å². The van der Waals surface area contributed by atoms with Crippen LogP contribution in [-0.4, -0.2) is 20.9 Å². The first kappa shape index (κ1) is 21.5. The van der Waals surface area contributed by atoms with Crippen LogP contribution >= 0.6 is 0 Å². The Morgan fingerprint density at radius 1 is 0.967 bits per heavy atom. The second-order valence-electron chi connectivity index (χ2n) is 6.96. The molecule has 0 fully saturated rings. The second kappa shape index (κ2) is 9.56. The molecule has 0 aliphatic rings. The first-order valence-electron chi connectivity index (χ1n) is 9.49. The van der Waals surface area contributed by atoms with Gasteiger partial charge in [0.1, 0.15) is 5.75 Å². The Morgan fingerprint density at radius 2 is 1.60 bits per heavy atom. The number of nitrogens with two attached hydrogens (primary N) is 1. The van der Waals surface area contributed by atoms with Gasteiger partial charge in [-0.3, -0.25) is 4.79 Å². The average Bonchev–Trinajstić information content (AvgIpc) is 2.73. The van der Waals surface area contributed by atoms with E-state index in [0.29, 0.717) is 12.2 Å². The summed E-state index contributed by atoms with van der Waals surface area (Å²) in [4.78, 5) is 12.4. The number of hydrogen-bond acceptors (Lipinski definition) is 4. The number of rotatable bonds is 8. The molecule has 0 radical (unpaired) electrons. The van der Waals surface area contributed by atoms with E-state index >= 15 is 0 Å². The van der Waals surface area contributed by atoms with E-state index in [-0.39, 0.29) is 23.5 Å². The van der Waals surface area contributed by atoms with Gasteiger partial charge in [0.2, 0.25) is 10.0 Å². The normalized spacial score (nSPS) is 12.2. The van der Waals surface area contributed by atoms with Crippen molar-refractivity contribution in [1.82, 2.24) is 5.32 Å². The van der Waals surface area contributed by atoms with Crippen LogP contribution in [-0.2, 0) is 21.2 Å². The van der Waals surface area contributed by atoms with Gasteiger partial charge in [0.05, 0.1) is 10.9 Å². The Hall–Kier alpha value is -3.16. The molecule has 3 rings (SSSR count). The number of para-hydroxylation sites is 1. The van der Waals surface area contributed by atoms with Crippen molar-refractivity contribution in [3.05, 3.63) is 95.6 Å². The van der Waals surface area contributed by atoms with Gasteiger partial charge in [-0.15, -0.1) is 0 Å². The molecule has 0 aromatic heterocycles. The Morgan fingerprint density at radius 3 is 2.27 bits per heavy atom. The Balaban J connectivity index is 1.58. The lowest BCUT2D eigenvalue weighted by atomic mass is 10.0. The van der Waals surface area contributed by atoms with Gasteiger partial charge in [-0.25, -0.2) is 13.6 Å². The summed E-state index contributed by atoms with van der Waals surface area (Å²) in [5.41, 5.74) is 2.93. The number of hydrogen-bond donors (Lipinski definition) is 2. The number of primary sulfonamides is 1. The summed E-state index contributed by atoms with van der Waals surface area (Å²) in [7, 11) is -3.74. The van der Waals surface area contributed by atoms with Crippen molar-refractivity contribution in [2.24, 2.45) is 5.14 Å². The first-order valence-corrected chi connectivity index (χ1v) is 11.0. The summed E-state index contributed by atoms with van der Waals surface area (Å²) in [6, 6.07) is 23.5. The van der Waals surface area contributed by atoms with Crippen molar-refractivity contribution in [3.8, 4) is 5.75 Å². The van der Waals surface area contributed by atoms with Crippen LogP contribution < -0.4 is 15.2 Å². The summed E-state index contributed by atoms with van der Waals surface area (Å²) in [6.07, 6.45) is 0.714. The third-order valence-corrected chi connectivity index (χ3v) is 5.58. The molecular formula is C23H24N2O4S. The third-order valence-electron chi connectivity index (χ3n) is 4.65. The van der Waals surface area contributed by atoms with E-state index in [2.05, 4.69) is 5.32 Å². The Bertz CT molecular complexity index is 1100. The molecule has 156 valence electrons. The standard InChI is InChI=1S/C23H24N2O4S/c1-17(19-11-13-21(14-12-19)30(24,27)28)25-23(26)16-29-22-10-6-5-9-20(22)15-18-7-3-2-4-8-18/h2-14,17H,15-16H2,1H3,(H,25,26)(H2,24,27,28)/t17-/m1/s1. The van der Waals surface area contributed by atoms with Crippen LogP contribution in [0.4, 0.5) is 0 Å². The molecule has 0 heterocycles. The number of ether oxygens (including phenoxy) is 1. The SMILES string of the molecule is C[C@@H](NC(=O)COc1ccccc1Cc1ccccc1)c1ccc(S(N)(=O)=O)cc1. The molecule has 0 saturated carbocycles. The van der Waals surface area contributed by atoms with Crippen molar-refractivity contribution >= 4 is 15.9 Å². The number of carbonyl (C=O) groups excluding carboxylic acids is 1. The molecule has 0 aliphatic carbocycles. The maximum Gasteiger partial charge on any atom is 0.258 e. The van der Waals surface area contributed by atoms with Gasteiger partial charge < -0.3 is 10.1 Å². The van der Waals surface area contributed by atoms with Crippen LogP contribution in [0.1, 0.15) is 29.7 Å². The zero-order valence-electron chi connectivity index (χ0n) is 16.6. The number of benzene rings is 3. The average molecular weight is 425 g/mol. The maximum absolute atomic E-state index is 12.3. The molecule has 0 unspecified atom stereocenters. The predicted octanol–water partition coefficient (Wildman–Crippen LogP) is 3.18. The lowest BCUT2D eigenvalue weighted by Gasteiger charge is -2.16. The van der Waals surface area contributed by atoms with Crippen LogP contribution in [0.15, 0.2) is 83.8 Å². The molecule has 7 heteroatoms. The molecule has 3 aromatic rings. The minimum absolute atomic E-state index is 0.0307. The molecule has 30 heavy (non-hydrogen) atoms. The number of amides is 1. The minimum atomic E-state index is -3.74. The number of nitrogens with one attached hydrogen (secondary N) is 1. The molecule has 3 aromatic carbocycles. The summed E-state index contributed by atoms with van der Waals surface area (Å²) in [5, 5.41) is 7.95. The zero-order chi connectivity index (χ0) is 21.6. The molecule has 1 amide bonds. The fourth-order valence-corrected chi connectivity index (χ4v) is 3.58. The molecule has 0 aliphatic heterocycles. The molecule has 0 spiro atoms. The van der Waals surface area contributed by atoms with Gasteiger partial charge in [0.25, 0.3) is 5.91 Å². The molecule has 6 nitrogen and oxygen atoms in total. The molecule has 1 atom stereocenters. The molecule has 3 N–H and O–H groups in total. The number of sulfonamides is 1. The predicted molar refractivity (Wildman–Crippen MR) is 116 cm³/mol. The van der Waals surface area contributed by atoms with Gasteiger partial charge in [-0.2, -0.15) is 0 Å². The van der Waals surface area contributed by atoms with E-state index in [1.54, 1.807) is 12.1 Å². The summed E-state index contributed by atoms with van der Waals surface area (Å²) in [5.74, 6) is 0.397. The smallest absolute Gasteiger partial charge is 0.258 e. The molecular weight excluding hydrogens is 400 g/mol. The highest BCUT2D eigenvalue weighted by Gasteiger charge is 2.13. The lowest BCUT2D eigenvalue weighted by molar-refractivity contribution is -0.123. The summed E-state index contributed by atoms with van der Waals surface area (Å²) in [6.45, 7) is 1.69. The van der Waals surface area contributed by atoms with Crippen molar-refractivity contribution in [2.75, 3.05) is 6.61 Å². The van der Waals surface area contributed by atoms with Crippen LogP contribution in [0, 0.1) is 0 Å². The van der Waals surface area contributed by atoms with E-state index < -0.39 is 10.0 Å². The first-order chi connectivity index (χ1) is 14.3. The number of carbonyl (C=O) groups is 1. The van der Waals surface area contributed by atoms with Crippen molar-refractivity contribution < 1.29 is 17.9 Å². The van der Waals surface area contributed by atoms with E-state index in [9.17, 15) is 13.2 Å². The van der Waals surface area contributed by atoms with Gasteiger partial charge in [0.15, 0.2) is 6.61 Å². The fraction of sp³-hybridized carbons (Fsp3) is 0.174. The fourth-order valence-electron chi connectivity index (χ4n) is 3.06. The highest BCUT2D eigenvalue weighted by molar-refractivity contribution is 7.89. The van der Waals surface area contributed by atoms with Gasteiger partial charge in [0, 0.05) is 6.42 Å². The minimum Gasteiger partial charge on any atom is -0.483 e. The van der Waals surface area contributed by atoms with Crippen molar-refractivity contribution in [2.45, 2.75) is 24.3 Å². The quantitative estimate of drug-likeness (QED) is 0.580. The van der Waals surface area contributed by atoms with E-state index in [1.165, 1.54) is 12.1 Å². The molecule has 0 saturated heterocycles. The van der Waals surface area contributed by atoms with E-state index in [0.717, 1.165) is 16.7 Å². The van der Waals surface area contributed by atoms with Gasteiger partial charge >= 0.3 is 0 Å². The van der Waals surface area contributed by atoms with Gasteiger partial charge in [-0.05, 0) is 41.8 Å². The Kier molecular flexibility index (Phi) is 6.87. The summed E-state index contributed by atoms with van der Waals surface area (Å²) < 4.78 is 28.5. The third kappa shape index (κ3) is 5.92. The van der Waals surface area contributed by atoms with E-state index in [4.69, 9.17) is 9.88 Å². The maximum atomic E-state index is 12.3. The van der Waals surface area contributed by atoms with Crippen molar-refractivity contribution in [3.63, 3.8) is 0 Å². The van der Waals surface area contributed by atoms with E-state index in [1.807, 2.05) is 61.5 Å². The summed E-state index contributed by atoms with van der Waals surface area (Å²) >= 11 is 0. The zero-order valence-corrected chi connectivity index (χ0v) is 17.4. The van der Waals surface area contributed by atoms with Crippen molar-refractivity contribution in [1.29, 1.82) is 0 Å². The highest BCUT2D eigenvalue weighted by Crippen LogP contribution is 2.21. The lowest BCUT2D eigenvalue weighted by Crippen LogP contribution is -2.31.